The fourth-order valence-electron chi connectivity index (χ4n) is 1.49. The Morgan fingerprint density at radius 2 is 1.92 bits per heavy atom. The maximum absolute atomic E-state index is 5.76. The van der Waals surface area contributed by atoms with Crippen molar-refractivity contribution in [1.82, 2.24) is 0 Å². The van der Waals surface area contributed by atoms with Gasteiger partial charge in [0.2, 0.25) is 0 Å². The summed E-state index contributed by atoms with van der Waals surface area (Å²) in [5.74, 6) is 1.75. The maximum Gasteiger partial charge on any atom is 0.119 e. The first kappa shape index (κ1) is 7.66. The first-order valence-electron chi connectivity index (χ1n) is 4.58. The van der Waals surface area contributed by atoms with Crippen molar-refractivity contribution in [3.05, 3.63) is 30.3 Å². The molecule has 0 aliphatic heterocycles. The highest BCUT2D eigenvalue weighted by Crippen LogP contribution is 2.30. The van der Waals surface area contributed by atoms with Crippen LogP contribution in [-0.2, 0) is 0 Å². The quantitative estimate of drug-likeness (QED) is 0.649. The van der Waals surface area contributed by atoms with E-state index in [0.29, 0.717) is 6.10 Å². The summed E-state index contributed by atoms with van der Waals surface area (Å²) < 4.78 is 5.76. The minimum atomic E-state index is 0.465. The fraction of sp³-hybridized carbons (Fsp3) is 0.455. The van der Waals surface area contributed by atoms with Gasteiger partial charge in [-0.05, 0) is 30.9 Å². The molecule has 0 aromatic heterocycles. The predicted molar refractivity (Wildman–Crippen MR) is 49.3 cm³/mol. The van der Waals surface area contributed by atoms with Crippen molar-refractivity contribution < 1.29 is 4.74 Å². The zero-order chi connectivity index (χ0) is 8.39. The minimum absolute atomic E-state index is 0.465. The fourth-order valence-corrected chi connectivity index (χ4v) is 1.49. The van der Waals surface area contributed by atoms with Gasteiger partial charge in [0.1, 0.15) is 11.9 Å². The molecule has 2 atom stereocenters. The van der Waals surface area contributed by atoms with Crippen LogP contribution in [0.15, 0.2) is 30.3 Å². The monoisotopic (exact) mass is 162 g/mol. The Balaban J connectivity index is 1.95. The van der Waals surface area contributed by atoms with Gasteiger partial charge in [-0.1, -0.05) is 25.1 Å². The van der Waals surface area contributed by atoms with Gasteiger partial charge in [-0.15, -0.1) is 0 Å². The van der Waals surface area contributed by atoms with Gasteiger partial charge in [0.25, 0.3) is 0 Å². The van der Waals surface area contributed by atoms with E-state index in [1.807, 2.05) is 30.3 Å². The summed E-state index contributed by atoms with van der Waals surface area (Å²) in [6.45, 7) is 2.25. The van der Waals surface area contributed by atoms with Crippen molar-refractivity contribution in [2.45, 2.75) is 25.9 Å². The van der Waals surface area contributed by atoms with Crippen LogP contribution in [0.4, 0.5) is 0 Å². The van der Waals surface area contributed by atoms with E-state index >= 15 is 0 Å². The van der Waals surface area contributed by atoms with Crippen molar-refractivity contribution >= 4 is 0 Å². The Hall–Kier alpha value is -0.980. The normalized spacial score (nSPS) is 27.8. The Labute approximate surface area is 73.4 Å². The highest BCUT2D eigenvalue weighted by Gasteiger charge is 2.28. The Bertz CT molecular complexity index is 242. The standard InChI is InChI=1S/C11H14O/c1-9-7-8-11(9)12-10-5-3-2-4-6-10/h2-6,9,11H,7-8H2,1H3/t9-,11+/m1/s1. The molecule has 0 bridgehead atoms. The van der Waals surface area contributed by atoms with Crippen molar-refractivity contribution in [1.29, 1.82) is 0 Å². The largest absolute Gasteiger partial charge is 0.490 e. The van der Waals surface area contributed by atoms with E-state index in [1.165, 1.54) is 12.8 Å². The Morgan fingerprint density at radius 1 is 1.17 bits per heavy atom. The summed E-state index contributed by atoms with van der Waals surface area (Å²) in [4.78, 5) is 0. The Kier molecular flexibility index (Phi) is 2.03. The van der Waals surface area contributed by atoms with Crippen LogP contribution in [0.25, 0.3) is 0 Å². The summed E-state index contributed by atoms with van der Waals surface area (Å²) in [5.41, 5.74) is 0. The summed E-state index contributed by atoms with van der Waals surface area (Å²) in [6.07, 6.45) is 3.00. The smallest absolute Gasteiger partial charge is 0.119 e. The number of benzene rings is 1. The van der Waals surface area contributed by atoms with E-state index in [4.69, 9.17) is 4.74 Å². The molecule has 1 aliphatic carbocycles. The van der Waals surface area contributed by atoms with Crippen molar-refractivity contribution in [2.75, 3.05) is 0 Å². The number of rotatable bonds is 2. The zero-order valence-corrected chi connectivity index (χ0v) is 7.36. The first-order valence-corrected chi connectivity index (χ1v) is 4.58. The highest BCUT2D eigenvalue weighted by molar-refractivity contribution is 5.21. The van der Waals surface area contributed by atoms with Gasteiger partial charge in [-0.25, -0.2) is 0 Å². The molecule has 64 valence electrons. The van der Waals surface area contributed by atoms with Crippen molar-refractivity contribution in [3.8, 4) is 5.75 Å². The lowest BCUT2D eigenvalue weighted by Gasteiger charge is -2.33. The molecule has 1 aromatic rings. The van der Waals surface area contributed by atoms with Crippen molar-refractivity contribution in [3.63, 3.8) is 0 Å². The molecule has 0 heterocycles. The van der Waals surface area contributed by atoms with Gasteiger partial charge in [0, 0.05) is 0 Å². The second-order valence-electron chi connectivity index (χ2n) is 3.52. The minimum Gasteiger partial charge on any atom is -0.490 e. The highest BCUT2D eigenvalue weighted by atomic mass is 16.5. The van der Waals surface area contributed by atoms with Gasteiger partial charge >= 0.3 is 0 Å². The van der Waals surface area contributed by atoms with Crippen LogP contribution in [0, 0.1) is 5.92 Å². The molecule has 0 unspecified atom stereocenters. The molecule has 0 amide bonds. The number of hydrogen-bond acceptors (Lipinski definition) is 1. The molecule has 0 N–H and O–H groups in total. The third-order valence-electron chi connectivity index (χ3n) is 2.57. The third kappa shape index (κ3) is 1.45. The molecule has 1 aromatic carbocycles. The molecule has 12 heavy (non-hydrogen) atoms. The van der Waals surface area contributed by atoms with E-state index in [-0.39, 0.29) is 0 Å². The average Bonchev–Trinajstić information content (AvgIpc) is 2.14. The molecule has 1 fully saturated rings. The summed E-state index contributed by atoms with van der Waals surface area (Å²) >= 11 is 0. The Morgan fingerprint density at radius 3 is 2.42 bits per heavy atom. The van der Waals surface area contributed by atoms with Crippen LogP contribution in [0.3, 0.4) is 0 Å². The number of para-hydroxylation sites is 1. The zero-order valence-electron chi connectivity index (χ0n) is 7.36. The lowest BCUT2D eigenvalue weighted by atomic mass is 9.83. The van der Waals surface area contributed by atoms with Crippen LogP contribution in [0.5, 0.6) is 5.75 Å². The molecule has 1 saturated carbocycles. The van der Waals surface area contributed by atoms with E-state index < -0.39 is 0 Å². The van der Waals surface area contributed by atoms with Gasteiger partial charge < -0.3 is 4.74 Å². The van der Waals surface area contributed by atoms with E-state index in [0.717, 1.165) is 11.7 Å². The average molecular weight is 162 g/mol. The van der Waals surface area contributed by atoms with Gasteiger partial charge in [0.15, 0.2) is 0 Å². The molecule has 1 aliphatic rings. The third-order valence-corrected chi connectivity index (χ3v) is 2.57. The van der Waals surface area contributed by atoms with E-state index in [1.54, 1.807) is 0 Å². The van der Waals surface area contributed by atoms with Crippen LogP contribution in [0.2, 0.25) is 0 Å². The van der Waals surface area contributed by atoms with E-state index in [2.05, 4.69) is 6.92 Å². The number of ether oxygens (including phenoxy) is 1. The predicted octanol–water partition coefficient (Wildman–Crippen LogP) is 2.86. The molecule has 2 rings (SSSR count). The molecular weight excluding hydrogens is 148 g/mol. The van der Waals surface area contributed by atoms with Crippen LogP contribution >= 0.6 is 0 Å². The lowest BCUT2D eigenvalue weighted by molar-refractivity contribution is 0.0577. The second-order valence-corrected chi connectivity index (χ2v) is 3.52. The van der Waals surface area contributed by atoms with Crippen LogP contribution in [0.1, 0.15) is 19.8 Å². The molecule has 0 spiro atoms. The SMILES string of the molecule is C[C@@H]1CC[C@@H]1Oc1ccccc1. The van der Waals surface area contributed by atoms with Crippen molar-refractivity contribution in [2.24, 2.45) is 5.92 Å². The molecule has 1 nitrogen and oxygen atoms in total. The first-order chi connectivity index (χ1) is 5.86. The second kappa shape index (κ2) is 3.18. The molecule has 0 radical (unpaired) electrons. The van der Waals surface area contributed by atoms with Crippen LogP contribution < -0.4 is 4.74 Å². The van der Waals surface area contributed by atoms with Gasteiger partial charge in [-0.2, -0.15) is 0 Å². The van der Waals surface area contributed by atoms with Crippen LogP contribution in [-0.4, -0.2) is 6.10 Å². The molecular formula is C11H14O. The van der Waals surface area contributed by atoms with Gasteiger partial charge in [0.05, 0.1) is 0 Å². The number of hydrogen-bond donors (Lipinski definition) is 0. The van der Waals surface area contributed by atoms with E-state index in [9.17, 15) is 0 Å². The summed E-state index contributed by atoms with van der Waals surface area (Å²) in [6, 6.07) is 10.1. The van der Waals surface area contributed by atoms with Gasteiger partial charge in [-0.3, -0.25) is 0 Å². The summed E-state index contributed by atoms with van der Waals surface area (Å²) in [5, 5.41) is 0. The topological polar surface area (TPSA) is 9.23 Å². The molecule has 1 heteroatoms. The maximum atomic E-state index is 5.76. The summed E-state index contributed by atoms with van der Waals surface area (Å²) in [7, 11) is 0. The lowest BCUT2D eigenvalue weighted by Crippen LogP contribution is -2.34. The molecule has 0 saturated heterocycles.